The highest BCUT2D eigenvalue weighted by atomic mass is 19.1. The lowest BCUT2D eigenvalue weighted by molar-refractivity contribution is 0.201. The quantitative estimate of drug-likeness (QED) is 0.413. The zero-order chi connectivity index (χ0) is 23.7. The summed E-state index contributed by atoms with van der Waals surface area (Å²) in [6.07, 6.45) is 3.38. The number of halogens is 2. The number of benzene rings is 1. The molecule has 1 aromatic carbocycles. The van der Waals surface area contributed by atoms with Crippen molar-refractivity contribution in [2.45, 2.75) is 13.0 Å². The Morgan fingerprint density at radius 3 is 2.59 bits per heavy atom. The van der Waals surface area contributed by atoms with Gasteiger partial charge in [0.1, 0.15) is 22.8 Å². The van der Waals surface area contributed by atoms with Gasteiger partial charge in [-0.2, -0.15) is 0 Å². The third-order valence-corrected chi connectivity index (χ3v) is 5.77. The van der Waals surface area contributed by atoms with Gasteiger partial charge >= 0.3 is 0 Å². The van der Waals surface area contributed by atoms with Gasteiger partial charge in [-0.3, -0.25) is 4.98 Å². The van der Waals surface area contributed by atoms with Crippen LogP contribution in [0, 0.1) is 11.6 Å². The van der Waals surface area contributed by atoms with Gasteiger partial charge in [0.15, 0.2) is 5.82 Å². The Hall–Kier alpha value is -3.76. The molecule has 34 heavy (non-hydrogen) atoms. The Morgan fingerprint density at radius 1 is 1.03 bits per heavy atom. The zero-order valence-electron chi connectivity index (χ0n) is 18.5. The van der Waals surface area contributed by atoms with Gasteiger partial charge in [0.25, 0.3) is 0 Å². The standard InChI is InChI=1S/C24H23F2N7O/c1-14(34)17-4-5-28-23-18(17)10-15(11-19(23)25)22-20(26)13-30-24(32-22)31-21-3-2-16(12-29-21)33-8-6-27-7-9-33/h2-5,10-14,27,34H,6-9H2,1H3,(H,29,30,31,32). The van der Waals surface area contributed by atoms with Crippen LogP contribution >= 0.6 is 0 Å². The van der Waals surface area contributed by atoms with Crippen LogP contribution < -0.4 is 15.5 Å². The van der Waals surface area contributed by atoms with E-state index in [0.717, 1.165) is 38.1 Å². The minimum Gasteiger partial charge on any atom is -0.389 e. The third-order valence-electron chi connectivity index (χ3n) is 5.77. The second-order valence-electron chi connectivity index (χ2n) is 8.08. The molecule has 1 atom stereocenters. The minimum absolute atomic E-state index is 0.0730. The summed E-state index contributed by atoms with van der Waals surface area (Å²) in [4.78, 5) is 19.0. The van der Waals surface area contributed by atoms with E-state index >= 15 is 0 Å². The fraction of sp³-hybridized carbons (Fsp3) is 0.250. The molecule has 0 bridgehead atoms. The smallest absolute Gasteiger partial charge is 0.229 e. The maximum Gasteiger partial charge on any atom is 0.229 e. The summed E-state index contributed by atoms with van der Waals surface area (Å²) in [6.45, 7) is 5.25. The molecule has 1 aliphatic rings. The van der Waals surface area contributed by atoms with Crippen LogP contribution in [-0.2, 0) is 0 Å². The van der Waals surface area contributed by atoms with Crippen LogP contribution in [0.2, 0.25) is 0 Å². The number of rotatable bonds is 5. The minimum atomic E-state index is -0.845. The highest BCUT2D eigenvalue weighted by Gasteiger charge is 2.17. The van der Waals surface area contributed by atoms with E-state index in [2.05, 4.69) is 35.5 Å². The largest absolute Gasteiger partial charge is 0.389 e. The number of piperazine rings is 1. The number of hydrogen-bond donors (Lipinski definition) is 3. The molecular formula is C24H23F2N7O. The van der Waals surface area contributed by atoms with Crippen LogP contribution in [0.4, 0.5) is 26.2 Å². The van der Waals surface area contributed by atoms with Crippen LogP contribution in [0.5, 0.6) is 0 Å². The molecule has 1 saturated heterocycles. The summed E-state index contributed by atoms with van der Waals surface area (Å²) < 4.78 is 29.5. The molecule has 1 unspecified atom stereocenters. The number of fused-ring (bicyclic) bond motifs is 1. The van der Waals surface area contributed by atoms with Crippen molar-refractivity contribution in [3.05, 3.63) is 66.1 Å². The third kappa shape index (κ3) is 4.37. The van der Waals surface area contributed by atoms with Gasteiger partial charge < -0.3 is 20.6 Å². The SMILES string of the molecule is CC(O)c1ccnc2c(F)cc(-c3nc(Nc4ccc(N5CCNCC5)cn4)ncc3F)cc12. The Balaban J connectivity index is 1.45. The van der Waals surface area contributed by atoms with Crippen molar-refractivity contribution in [3.8, 4) is 11.3 Å². The highest BCUT2D eigenvalue weighted by Crippen LogP contribution is 2.31. The molecule has 8 nitrogen and oxygen atoms in total. The lowest BCUT2D eigenvalue weighted by Crippen LogP contribution is -2.43. The van der Waals surface area contributed by atoms with Gasteiger partial charge in [-0.05, 0) is 42.8 Å². The van der Waals surface area contributed by atoms with E-state index in [0.29, 0.717) is 16.8 Å². The van der Waals surface area contributed by atoms with E-state index in [9.17, 15) is 13.9 Å². The van der Waals surface area contributed by atoms with E-state index in [1.165, 1.54) is 12.3 Å². The summed E-state index contributed by atoms with van der Waals surface area (Å²) in [5.41, 5.74) is 1.75. The van der Waals surface area contributed by atoms with Crippen molar-refractivity contribution in [3.63, 3.8) is 0 Å². The van der Waals surface area contributed by atoms with Crippen molar-refractivity contribution in [2.75, 3.05) is 36.4 Å². The number of aliphatic hydroxyl groups is 1. The molecule has 4 heterocycles. The zero-order valence-corrected chi connectivity index (χ0v) is 18.5. The average molecular weight is 463 g/mol. The number of aliphatic hydroxyl groups excluding tert-OH is 1. The molecule has 0 amide bonds. The second kappa shape index (κ2) is 9.24. The maximum atomic E-state index is 14.8. The molecule has 5 rings (SSSR count). The molecule has 10 heteroatoms. The maximum absolute atomic E-state index is 14.8. The Morgan fingerprint density at radius 2 is 1.85 bits per heavy atom. The fourth-order valence-corrected chi connectivity index (χ4v) is 4.05. The predicted molar refractivity (Wildman–Crippen MR) is 126 cm³/mol. The summed E-state index contributed by atoms with van der Waals surface area (Å²) >= 11 is 0. The van der Waals surface area contributed by atoms with E-state index in [4.69, 9.17) is 0 Å². The van der Waals surface area contributed by atoms with Crippen molar-refractivity contribution in [1.82, 2.24) is 25.3 Å². The number of pyridine rings is 2. The Kier molecular flexibility index (Phi) is 5.99. The van der Waals surface area contributed by atoms with Crippen molar-refractivity contribution >= 4 is 28.4 Å². The van der Waals surface area contributed by atoms with Gasteiger partial charge in [0.2, 0.25) is 5.95 Å². The van der Waals surface area contributed by atoms with Crippen LogP contribution in [0.1, 0.15) is 18.6 Å². The van der Waals surface area contributed by atoms with E-state index < -0.39 is 17.7 Å². The first-order chi connectivity index (χ1) is 16.5. The number of hydrogen-bond acceptors (Lipinski definition) is 8. The van der Waals surface area contributed by atoms with Crippen molar-refractivity contribution in [2.24, 2.45) is 0 Å². The highest BCUT2D eigenvalue weighted by molar-refractivity contribution is 5.87. The van der Waals surface area contributed by atoms with Gasteiger partial charge in [0, 0.05) is 43.3 Å². The number of aromatic nitrogens is 4. The fourth-order valence-electron chi connectivity index (χ4n) is 4.05. The lowest BCUT2D eigenvalue weighted by Gasteiger charge is -2.29. The van der Waals surface area contributed by atoms with Crippen molar-refractivity contribution < 1.29 is 13.9 Å². The average Bonchev–Trinajstić information content (AvgIpc) is 2.86. The van der Waals surface area contributed by atoms with E-state index in [1.807, 2.05) is 6.07 Å². The van der Waals surface area contributed by atoms with E-state index in [1.54, 1.807) is 31.3 Å². The van der Waals surface area contributed by atoms with Crippen LogP contribution in [0.25, 0.3) is 22.2 Å². The molecular weight excluding hydrogens is 440 g/mol. The number of nitrogens with one attached hydrogen (secondary N) is 2. The first-order valence-electron chi connectivity index (χ1n) is 11.0. The molecule has 0 spiro atoms. The molecule has 1 aliphatic heterocycles. The number of nitrogens with zero attached hydrogens (tertiary/aromatic N) is 5. The topological polar surface area (TPSA) is 99.1 Å². The van der Waals surface area contributed by atoms with Gasteiger partial charge in [-0.1, -0.05) is 0 Å². The molecule has 4 aromatic rings. The first-order valence-corrected chi connectivity index (χ1v) is 11.0. The molecule has 0 aliphatic carbocycles. The molecule has 3 aromatic heterocycles. The van der Waals surface area contributed by atoms with Gasteiger partial charge in [-0.15, -0.1) is 0 Å². The predicted octanol–water partition coefficient (Wildman–Crippen LogP) is 3.57. The summed E-state index contributed by atoms with van der Waals surface area (Å²) in [5, 5.41) is 16.7. The molecule has 0 radical (unpaired) electrons. The van der Waals surface area contributed by atoms with Crippen molar-refractivity contribution in [1.29, 1.82) is 0 Å². The van der Waals surface area contributed by atoms with Gasteiger partial charge in [-0.25, -0.2) is 23.7 Å². The summed E-state index contributed by atoms with van der Waals surface area (Å²) in [6, 6.07) is 8.11. The van der Waals surface area contributed by atoms with Crippen LogP contribution in [0.3, 0.4) is 0 Å². The second-order valence-corrected chi connectivity index (χ2v) is 8.08. The molecule has 1 fully saturated rings. The number of anilines is 3. The van der Waals surface area contributed by atoms with Gasteiger partial charge in [0.05, 0.1) is 24.2 Å². The molecule has 0 saturated carbocycles. The lowest BCUT2D eigenvalue weighted by atomic mass is 10.0. The molecule has 174 valence electrons. The summed E-state index contributed by atoms with van der Waals surface area (Å²) in [7, 11) is 0. The Labute approximate surface area is 194 Å². The monoisotopic (exact) mass is 463 g/mol. The normalized spacial score (nSPS) is 14.9. The first kappa shape index (κ1) is 22.1. The van der Waals surface area contributed by atoms with Crippen LogP contribution in [0.15, 0.2) is 48.9 Å². The molecule has 3 N–H and O–H groups in total. The van der Waals surface area contributed by atoms with E-state index in [-0.39, 0.29) is 22.7 Å². The van der Waals surface area contributed by atoms with Crippen LogP contribution in [-0.4, -0.2) is 51.2 Å². The Bertz CT molecular complexity index is 1330. The summed E-state index contributed by atoms with van der Waals surface area (Å²) in [5.74, 6) is -0.704.